The Hall–Kier alpha value is -2.08. The second-order valence-corrected chi connectivity index (χ2v) is 9.89. The molecule has 186 valence electrons. The number of carbonyl (C=O) groups is 1. The topological polar surface area (TPSA) is 135 Å². The molecule has 1 heterocycles. The highest BCUT2D eigenvalue weighted by atomic mass is 35.5. The van der Waals surface area contributed by atoms with Crippen molar-refractivity contribution < 1.29 is 20.1 Å². The Labute approximate surface area is 211 Å². The summed E-state index contributed by atoms with van der Waals surface area (Å²) in [5.74, 6) is 2.07. The molecule has 3 aromatic rings. The number of aromatic hydroxyl groups is 1. The van der Waals surface area contributed by atoms with Crippen molar-refractivity contribution >= 4 is 51.4 Å². The zero-order valence-electron chi connectivity index (χ0n) is 18.6. The number of aliphatic hydroxyl groups excluding tert-OH is 1. The van der Waals surface area contributed by atoms with Gasteiger partial charge in [-0.05, 0) is 49.4 Å². The second-order valence-electron chi connectivity index (χ2n) is 7.28. The van der Waals surface area contributed by atoms with Crippen LogP contribution in [0.3, 0.4) is 0 Å². The number of phenols is 1. The van der Waals surface area contributed by atoms with E-state index in [-0.39, 0.29) is 17.1 Å². The minimum absolute atomic E-state index is 0.0204. The largest absolute Gasteiger partial charge is 0.506 e. The molecule has 0 aliphatic heterocycles. The molecule has 2 aromatic carbocycles. The third-order valence-corrected chi connectivity index (χ3v) is 7.25. The molecular weight excluding hydrogens is 498 g/mol. The van der Waals surface area contributed by atoms with Gasteiger partial charge in [-0.2, -0.15) is 11.8 Å². The van der Waals surface area contributed by atoms with E-state index in [4.69, 9.17) is 21.5 Å². The fourth-order valence-corrected chi connectivity index (χ4v) is 5.23. The fraction of sp³-hybridized carbons (Fsp3) is 0.391. The van der Waals surface area contributed by atoms with Gasteiger partial charge >= 0.3 is 4.87 Å². The molecule has 1 aromatic heterocycles. The fourth-order valence-electron chi connectivity index (χ4n) is 3.25. The highest BCUT2D eigenvalue weighted by Gasteiger charge is 2.15. The number of thiazole rings is 1. The summed E-state index contributed by atoms with van der Waals surface area (Å²) in [7, 11) is 0. The number of rotatable bonds is 13. The van der Waals surface area contributed by atoms with E-state index >= 15 is 0 Å². The molecule has 6 N–H and O–H groups in total. The average molecular weight is 528 g/mol. The summed E-state index contributed by atoms with van der Waals surface area (Å²) < 4.78 is 0.607. The predicted molar refractivity (Wildman–Crippen MR) is 141 cm³/mol. The number of fused-ring (bicyclic) bond motifs is 1. The second kappa shape index (κ2) is 15.8. The average Bonchev–Trinajstić information content (AvgIpc) is 3.21. The molecule has 0 spiro atoms. The molecule has 0 unspecified atom stereocenters. The number of halogens is 1. The maximum atomic E-state index is 11.6. The van der Waals surface area contributed by atoms with E-state index in [9.17, 15) is 15.0 Å². The summed E-state index contributed by atoms with van der Waals surface area (Å²) in [5, 5.41) is 34.7. The third kappa shape index (κ3) is 9.28. The number of benzene rings is 2. The molecular formula is C23H30ClN3O5S2. The Morgan fingerprint density at radius 2 is 1.88 bits per heavy atom. The van der Waals surface area contributed by atoms with Crippen LogP contribution in [0, 0.1) is 0 Å². The van der Waals surface area contributed by atoms with Crippen molar-refractivity contribution in [1.29, 1.82) is 0 Å². The Morgan fingerprint density at radius 3 is 2.65 bits per heavy atom. The van der Waals surface area contributed by atoms with Crippen LogP contribution in [0.1, 0.15) is 23.7 Å². The first-order valence-corrected chi connectivity index (χ1v) is 13.2. The Kier molecular flexibility index (Phi) is 13.0. The summed E-state index contributed by atoms with van der Waals surface area (Å²) >= 11 is 9.04. The minimum atomic E-state index is -0.734. The van der Waals surface area contributed by atoms with Gasteiger partial charge in [0.1, 0.15) is 11.3 Å². The molecule has 0 aliphatic carbocycles. The van der Waals surface area contributed by atoms with Gasteiger partial charge in [0.25, 0.3) is 6.47 Å². The van der Waals surface area contributed by atoms with Crippen LogP contribution in [0.25, 0.3) is 10.2 Å². The molecule has 0 fully saturated rings. The molecule has 8 nitrogen and oxygen atoms in total. The maximum Gasteiger partial charge on any atom is 0.305 e. The van der Waals surface area contributed by atoms with Crippen LogP contribution in [0.15, 0.2) is 41.2 Å². The van der Waals surface area contributed by atoms with Gasteiger partial charge in [-0.3, -0.25) is 9.59 Å². The lowest BCUT2D eigenvalue weighted by Crippen LogP contribution is -2.24. The number of hydrogen-bond donors (Lipinski definition) is 6. The normalized spacial score (nSPS) is 11.7. The monoisotopic (exact) mass is 527 g/mol. The molecule has 0 aliphatic rings. The number of phenolic OH excluding ortho intramolecular Hbond substituents is 1. The Bertz CT molecular complexity index is 1080. The molecule has 0 saturated heterocycles. The molecule has 0 radical (unpaired) electrons. The number of aromatic nitrogens is 1. The lowest BCUT2D eigenvalue weighted by atomic mass is 10.1. The van der Waals surface area contributed by atoms with Gasteiger partial charge in [0.2, 0.25) is 0 Å². The van der Waals surface area contributed by atoms with Gasteiger partial charge in [-0.15, -0.1) is 0 Å². The van der Waals surface area contributed by atoms with E-state index < -0.39 is 6.10 Å². The van der Waals surface area contributed by atoms with Crippen molar-refractivity contribution in [3.05, 3.63) is 62.2 Å². The van der Waals surface area contributed by atoms with E-state index in [2.05, 4.69) is 21.7 Å². The summed E-state index contributed by atoms with van der Waals surface area (Å²) in [6.45, 7) is 2.86. The van der Waals surface area contributed by atoms with Crippen molar-refractivity contribution in [2.75, 3.05) is 37.7 Å². The minimum Gasteiger partial charge on any atom is -0.506 e. The smallest absolute Gasteiger partial charge is 0.305 e. The maximum absolute atomic E-state index is 11.6. The van der Waals surface area contributed by atoms with Crippen molar-refractivity contribution in [3.8, 4) is 5.75 Å². The van der Waals surface area contributed by atoms with Crippen LogP contribution >= 0.6 is 34.7 Å². The van der Waals surface area contributed by atoms with Crippen LogP contribution < -0.4 is 15.5 Å². The van der Waals surface area contributed by atoms with Crippen LogP contribution in [0.5, 0.6) is 5.75 Å². The van der Waals surface area contributed by atoms with E-state index in [0.717, 1.165) is 60.3 Å². The zero-order chi connectivity index (χ0) is 24.8. The summed E-state index contributed by atoms with van der Waals surface area (Å²) in [6.07, 6.45) is 1.31. The van der Waals surface area contributed by atoms with Crippen molar-refractivity contribution in [2.24, 2.45) is 0 Å². The van der Waals surface area contributed by atoms with E-state index in [1.807, 2.05) is 30.0 Å². The number of aliphatic hydroxyl groups is 1. The molecule has 0 saturated carbocycles. The van der Waals surface area contributed by atoms with Crippen molar-refractivity contribution in [2.45, 2.75) is 18.9 Å². The van der Waals surface area contributed by atoms with Crippen molar-refractivity contribution in [1.82, 2.24) is 15.6 Å². The SMILES string of the molecule is O=CO.O=c1[nH]c2c(O)ccc([C@@H](O)CNCCSCCCNCCc3ccccc3Cl)c2s1. The van der Waals surface area contributed by atoms with Gasteiger partial charge in [0.05, 0.1) is 10.8 Å². The summed E-state index contributed by atoms with van der Waals surface area (Å²) in [4.78, 5) is 22.3. The van der Waals surface area contributed by atoms with Crippen LogP contribution in [0.4, 0.5) is 0 Å². The molecule has 3 rings (SSSR count). The molecule has 34 heavy (non-hydrogen) atoms. The number of nitrogens with one attached hydrogen (secondary N) is 3. The number of thioether (sulfide) groups is 1. The molecule has 1 atom stereocenters. The molecule has 0 bridgehead atoms. The van der Waals surface area contributed by atoms with Gasteiger partial charge in [0.15, 0.2) is 0 Å². The highest BCUT2D eigenvalue weighted by Crippen LogP contribution is 2.31. The van der Waals surface area contributed by atoms with Gasteiger partial charge < -0.3 is 30.9 Å². The Balaban J connectivity index is 0.00000129. The van der Waals surface area contributed by atoms with E-state index in [1.54, 1.807) is 6.07 Å². The number of hydrogen-bond acceptors (Lipinski definition) is 8. The van der Waals surface area contributed by atoms with Crippen LogP contribution in [-0.4, -0.2) is 64.5 Å². The predicted octanol–water partition coefficient (Wildman–Crippen LogP) is 3.23. The van der Waals surface area contributed by atoms with E-state index in [1.165, 1.54) is 11.6 Å². The first kappa shape index (κ1) is 28.2. The first-order valence-electron chi connectivity index (χ1n) is 10.8. The van der Waals surface area contributed by atoms with E-state index in [0.29, 0.717) is 22.3 Å². The van der Waals surface area contributed by atoms with Crippen LogP contribution in [0.2, 0.25) is 5.02 Å². The lowest BCUT2D eigenvalue weighted by molar-refractivity contribution is -0.122. The third-order valence-electron chi connectivity index (χ3n) is 4.88. The van der Waals surface area contributed by atoms with Crippen LogP contribution in [-0.2, 0) is 11.2 Å². The number of carboxylic acid groups (broad SMARTS) is 1. The Morgan fingerprint density at radius 1 is 1.12 bits per heavy atom. The van der Waals surface area contributed by atoms with Gasteiger partial charge in [-0.25, -0.2) is 0 Å². The quantitative estimate of drug-likeness (QED) is 0.147. The zero-order valence-corrected chi connectivity index (χ0v) is 21.0. The molecule has 0 amide bonds. The number of aromatic amines is 1. The van der Waals surface area contributed by atoms with Gasteiger partial charge in [0, 0.05) is 29.4 Å². The molecule has 11 heteroatoms. The lowest BCUT2D eigenvalue weighted by Gasteiger charge is -2.13. The van der Waals surface area contributed by atoms with Gasteiger partial charge in [-0.1, -0.05) is 47.2 Å². The van der Waals surface area contributed by atoms with Crippen molar-refractivity contribution in [3.63, 3.8) is 0 Å². The standard InChI is InChI=1S/C22H28ClN3O3S2.CH2O2/c23-17-5-2-1-4-15(17)8-10-24-9-3-12-30-13-11-25-14-19(28)16-6-7-18(27)20-21(16)31-22(29)26-20;2-1-3/h1-2,4-7,19,24-25,27-28H,3,8-14H2,(H,26,29);1H,(H,2,3)/t19-;/m0./s1. The summed E-state index contributed by atoms with van der Waals surface area (Å²) in [6, 6.07) is 11.1. The first-order chi connectivity index (χ1) is 16.5. The highest BCUT2D eigenvalue weighted by molar-refractivity contribution is 7.99. The number of H-pyrrole nitrogens is 1. The summed E-state index contributed by atoms with van der Waals surface area (Å²) in [5.41, 5.74) is 2.22.